The largest absolute Gasteiger partial charge is 0.388 e. The fourth-order valence-corrected chi connectivity index (χ4v) is 2.51. The summed E-state index contributed by atoms with van der Waals surface area (Å²) in [5.41, 5.74) is 1.78. The van der Waals surface area contributed by atoms with Crippen LogP contribution in [0.1, 0.15) is 36.2 Å². The van der Waals surface area contributed by atoms with Gasteiger partial charge in [0.15, 0.2) is 0 Å². The lowest BCUT2D eigenvalue weighted by molar-refractivity contribution is 0.154. The van der Waals surface area contributed by atoms with Gasteiger partial charge >= 0.3 is 0 Å². The number of hydrogen-bond acceptors (Lipinski definition) is 3. The van der Waals surface area contributed by atoms with Gasteiger partial charge in [-0.3, -0.25) is 0 Å². The Labute approximate surface area is 158 Å². The zero-order valence-corrected chi connectivity index (χ0v) is 15.3. The highest BCUT2D eigenvalue weighted by Crippen LogP contribution is 2.26. The molecule has 1 aliphatic rings. The lowest BCUT2D eigenvalue weighted by atomic mass is 10.1. The second-order valence-corrected chi connectivity index (χ2v) is 6.72. The lowest BCUT2D eigenvalue weighted by Gasteiger charge is -2.08. The average molecular weight is 381 g/mol. The summed E-state index contributed by atoms with van der Waals surface area (Å²) in [6.07, 6.45) is 2.32. The van der Waals surface area contributed by atoms with Gasteiger partial charge in [-0.25, -0.2) is 0 Å². The van der Waals surface area contributed by atoms with Crippen molar-refractivity contribution in [3.05, 3.63) is 82.4 Å². The van der Waals surface area contributed by atoms with Crippen molar-refractivity contribution in [3.8, 4) is 0 Å². The van der Waals surface area contributed by atoms with Crippen LogP contribution in [0.4, 0.5) is 0 Å². The Kier molecular flexibility index (Phi) is 7.94. The molecule has 2 aromatic carbocycles. The molecule has 2 aromatic rings. The quantitative estimate of drug-likeness (QED) is 0.540. The van der Waals surface area contributed by atoms with Crippen molar-refractivity contribution in [1.82, 2.24) is 0 Å². The van der Waals surface area contributed by atoms with E-state index in [0.29, 0.717) is 22.9 Å². The van der Waals surface area contributed by atoms with Crippen molar-refractivity contribution in [2.75, 3.05) is 6.61 Å². The van der Waals surface area contributed by atoms with E-state index >= 15 is 0 Å². The summed E-state index contributed by atoms with van der Waals surface area (Å²) in [6, 6.07) is 14.4. The van der Waals surface area contributed by atoms with Crippen LogP contribution in [0.2, 0.25) is 10.0 Å². The third-order valence-electron chi connectivity index (χ3n) is 3.79. The van der Waals surface area contributed by atoms with Crippen LogP contribution in [0.5, 0.6) is 0 Å². The topological polar surface area (TPSA) is 53.0 Å². The summed E-state index contributed by atoms with van der Waals surface area (Å²) in [5.74, 6) is 0. The fourth-order valence-electron chi connectivity index (χ4n) is 2.25. The minimum atomic E-state index is -0.459. The van der Waals surface area contributed by atoms with Gasteiger partial charge in [-0.05, 0) is 41.8 Å². The van der Waals surface area contributed by atoms with Crippen molar-refractivity contribution in [2.45, 2.75) is 31.2 Å². The molecule has 0 aromatic heterocycles. The summed E-state index contributed by atoms with van der Waals surface area (Å²) in [5, 5.41) is 20.6. The average Bonchev–Trinajstić information content (AvgIpc) is 3.41. The number of epoxide rings is 1. The predicted octanol–water partition coefficient (Wildman–Crippen LogP) is 5.11. The summed E-state index contributed by atoms with van der Waals surface area (Å²) < 4.78 is 5.04. The maximum Gasteiger partial charge on any atom is 0.0837 e. The highest BCUT2D eigenvalue weighted by atomic mass is 35.5. The Bertz CT molecular complexity index is 652. The smallest absolute Gasteiger partial charge is 0.0837 e. The number of aliphatic hydroxyl groups is 2. The van der Waals surface area contributed by atoms with E-state index in [1.54, 1.807) is 30.3 Å². The van der Waals surface area contributed by atoms with E-state index < -0.39 is 12.2 Å². The number of hydrogen-bond donors (Lipinski definition) is 2. The Morgan fingerprint density at radius 3 is 1.80 bits per heavy atom. The fraction of sp³-hybridized carbons (Fsp3) is 0.300. The molecule has 3 rings (SSSR count). The minimum Gasteiger partial charge on any atom is -0.388 e. The summed E-state index contributed by atoms with van der Waals surface area (Å²) >= 11 is 11.4. The summed E-state index contributed by atoms with van der Waals surface area (Å²) in [4.78, 5) is 0. The molecule has 0 radical (unpaired) electrons. The first-order chi connectivity index (χ1) is 12.0. The molecule has 2 N–H and O–H groups in total. The van der Waals surface area contributed by atoms with Crippen LogP contribution in [-0.4, -0.2) is 22.9 Å². The van der Waals surface area contributed by atoms with Gasteiger partial charge in [-0.2, -0.15) is 0 Å². The van der Waals surface area contributed by atoms with Gasteiger partial charge in [0.1, 0.15) is 0 Å². The van der Waals surface area contributed by atoms with E-state index in [-0.39, 0.29) is 6.10 Å². The molecule has 5 heteroatoms. The van der Waals surface area contributed by atoms with Gasteiger partial charge in [0.05, 0.1) is 24.9 Å². The SMILES string of the molecule is C=CCC(O)c1ccc(Cl)cc1.OC(CC1CO1)c1ccc(Cl)cc1. The van der Waals surface area contributed by atoms with Crippen LogP contribution in [0.15, 0.2) is 61.2 Å². The number of halogens is 2. The van der Waals surface area contributed by atoms with Crippen molar-refractivity contribution in [3.63, 3.8) is 0 Å². The second kappa shape index (κ2) is 9.95. The first kappa shape index (κ1) is 20.0. The van der Waals surface area contributed by atoms with E-state index in [4.69, 9.17) is 27.9 Å². The molecule has 3 unspecified atom stereocenters. The van der Waals surface area contributed by atoms with Crippen molar-refractivity contribution < 1.29 is 14.9 Å². The van der Waals surface area contributed by atoms with E-state index in [1.165, 1.54) is 0 Å². The summed E-state index contributed by atoms with van der Waals surface area (Å²) in [6.45, 7) is 4.34. The third-order valence-corrected chi connectivity index (χ3v) is 4.29. The molecule has 1 saturated heterocycles. The van der Waals surface area contributed by atoms with Gasteiger partial charge in [0, 0.05) is 16.5 Å². The predicted molar refractivity (Wildman–Crippen MR) is 102 cm³/mol. The number of aliphatic hydroxyl groups excluding tert-OH is 2. The molecule has 0 aliphatic carbocycles. The highest BCUT2D eigenvalue weighted by Gasteiger charge is 2.26. The Morgan fingerprint density at radius 1 is 0.960 bits per heavy atom. The Hall–Kier alpha value is -1.36. The molecule has 1 fully saturated rings. The zero-order valence-electron chi connectivity index (χ0n) is 13.8. The molecular weight excluding hydrogens is 359 g/mol. The molecule has 0 saturated carbocycles. The number of rotatable bonds is 6. The minimum absolute atomic E-state index is 0.255. The lowest BCUT2D eigenvalue weighted by Crippen LogP contribution is -2.00. The molecule has 0 bridgehead atoms. The van der Waals surface area contributed by atoms with Crippen LogP contribution in [0, 0.1) is 0 Å². The molecule has 3 nitrogen and oxygen atoms in total. The van der Waals surface area contributed by atoms with Gasteiger partial charge in [0.25, 0.3) is 0 Å². The molecule has 25 heavy (non-hydrogen) atoms. The molecular formula is C20H22Cl2O3. The number of ether oxygens (including phenoxy) is 1. The van der Waals surface area contributed by atoms with Crippen LogP contribution in [0.25, 0.3) is 0 Å². The monoisotopic (exact) mass is 380 g/mol. The zero-order chi connectivity index (χ0) is 18.2. The van der Waals surface area contributed by atoms with Crippen molar-refractivity contribution in [2.24, 2.45) is 0 Å². The van der Waals surface area contributed by atoms with Gasteiger partial charge < -0.3 is 14.9 Å². The standard InChI is InChI=1S/C10H11ClO2.C10H11ClO/c11-8-3-1-7(2-4-8)10(12)5-9-6-13-9;1-2-3-10(12)8-4-6-9(11)7-5-8/h1-4,9-10,12H,5-6H2;2,4-7,10,12H,1,3H2. The van der Waals surface area contributed by atoms with Crippen LogP contribution in [0.3, 0.4) is 0 Å². The maximum atomic E-state index is 9.70. The second-order valence-electron chi connectivity index (χ2n) is 5.85. The summed E-state index contributed by atoms with van der Waals surface area (Å²) in [7, 11) is 0. The maximum absolute atomic E-state index is 9.70. The van der Waals surface area contributed by atoms with Crippen LogP contribution in [-0.2, 0) is 4.74 Å². The van der Waals surface area contributed by atoms with Crippen molar-refractivity contribution >= 4 is 23.2 Å². The number of benzene rings is 2. The molecule has 0 amide bonds. The van der Waals surface area contributed by atoms with E-state index in [2.05, 4.69) is 6.58 Å². The van der Waals surface area contributed by atoms with Gasteiger partial charge in [-0.1, -0.05) is 53.5 Å². The molecule has 134 valence electrons. The first-order valence-electron chi connectivity index (χ1n) is 8.09. The van der Waals surface area contributed by atoms with E-state index in [0.717, 1.165) is 17.7 Å². The molecule has 0 spiro atoms. The molecule has 1 aliphatic heterocycles. The van der Waals surface area contributed by atoms with E-state index in [9.17, 15) is 10.2 Å². The van der Waals surface area contributed by atoms with Crippen LogP contribution >= 0.6 is 23.2 Å². The Balaban J connectivity index is 0.000000181. The molecule has 1 heterocycles. The van der Waals surface area contributed by atoms with Gasteiger partial charge in [-0.15, -0.1) is 6.58 Å². The van der Waals surface area contributed by atoms with E-state index in [1.807, 2.05) is 24.3 Å². The van der Waals surface area contributed by atoms with Crippen LogP contribution < -0.4 is 0 Å². The third kappa shape index (κ3) is 7.18. The van der Waals surface area contributed by atoms with Crippen molar-refractivity contribution in [1.29, 1.82) is 0 Å². The van der Waals surface area contributed by atoms with Gasteiger partial charge in [0.2, 0.25) is 0 Å². The highest BCUT2D eigenvalue weighted by molar-refractivity contribution is 6.30. The molecule has 3 atom stereocenters. The Morgan fingerprint density at radius 2 is 1.40 bits per heavy atom. The first-order valence-corrected chi connectivity index (χ1v) is 8.84. The normalized spacial score (nSPS) is 17.8.